The summed E-state index contributed by atoms with van der Waals surface area (Å²) in [6, 6.07) is 1.48. The number of aliphatic carboxylic acids is 1. The second-order valence-corrected chi connectivity index (χ2v) is 22.8. The van der Waals surface area contributed by atoms with E-state index in [1.807, 2.05) is 0 Å². The molecule has 2 heterocycles. The predicted molar refractivity (Wildman–Crippen MR) is 321 cm³/mol. The van der Waals surface area contributed by atoms with Crippen LogP contribution in [-0.2, 0) is 84.8 Å². The molecule has 0 aromatic heterocycles. The number of nitrogens with two attached hydrogens (primary N) is 5. The maximum atomic E-state index is 14.8. The van der Waals surface area contributed by atoms with Gasteiger partial charge in [-0.2, -0.15) is 0 Å². The van der Waals surface area contributed by atoms with Gasteiger partial charge in [-0.3, -0.25) is 71.9 Å². The highest BCUT2D eigenvalue weighted by Gasteiger charge is 2.41. The molecule has 2 aliphatic rings. The number of carbonyl (C=O) groups excluding carboxylic acids is 14. The molecule has 2 fully saturated rings. The van der Waals surface area contributed by atoms with Crippen molar-refractivity contribution in [3.05, 3.63) is 65.7 Å². The topological polar surface area (TPSA) is 550 Å². The van der Waals surface area contributed by atoms with Gasteiger partial charge in [0.2, 0.25) is 82.7 Å². The summed E-state index contributed by atoms with van der Waals surface area (Å²) in [5.74, 6) is -14.7. The zero-order valence-corrected chi connectivity index (χ0v) is 50.3. The zero-order valence-electron chi connectivity index (χ0n) is 48.7. The first-order valence-electron chi connectivity index (χ1n) is 28.0. The number of nitrogens with one attached hydrogen (secondary N) is 10. The van der Waals surface area contributed by atoms with Crippen molar-refractivity contribution in [2.45, 2.75) is 119 Å². The lowest BCUT2D eigenvalue weighted by Crippen LogP contribution is -2.61. The van der Waals surface area contributed by atoms with Crippen LogP contribution in [0.25, 0.3) is 0 Å². The Kier molecular flexibility index (Phi) is 32.4. The number of unbranched alkanes of at least 4 members (excludes halogenated alkanes) is 1. The van der Waals surface area contributed by atoms with Gasteiger partial charge in [-0.25, -0.2) is 0 Å². The summed E-state index contributed by atoms with van der Waals surface area (Å²) in [6.07, 6.45) is -1.13. The molecule has 0 aliphatic carbocycles. The largest absolute Gasteiger partial charge is 0.508 e. The molecule has 0 unspecified atom stereocenters. The fraction of sp³-hybridized carbons (Fsp3) is 0.500. The van der Waals surface area contributed by atoms with E-state index in [9.17, 15) is 72.2 Å². The highest BCUT2D eigenvalue weighted by atomic mass is 33.1. The van der Waals surface area contributed by atoms with E-state index in [1.165, 1.54) is 24.3 Å². The van der Waals surface area contributed by atoms with Crippen LogP contribution in [0.2, 0.25) is 0 Å². The molecule has 488 valence electrons. The number of benzene rings is 2. The molecule has 22 N–H and O–H groups in total. The second-order valence-electron chi connectivity index (χ2n) is 20.2. The number of hydrogen-bond donors (Lipinski definition) is 17. The normalized spacial score (nSPS) is 20.5. The Morgan fingerprint density at radius 3 is 1.79 bits per heavy atom. The van der Waals surface area contributed by atoms with Crippen molar-refractivity contribution in [2.24, 2.45) is 28.7 Å². The third-order valence-electron chi connectivity index (χ3n) is 13.0. The highest BCUT2D eigenvalue weighted by Crippen LogP contribution is 2.26. The Balaban J connectivity index is 0.00000501. The average molecular weight is 1290 g/mol. The molecule has 89 heavy (non-hydrogen) atoms. The number of primary amides is 3. The number of carbonyl (C=O) groups is 15. The minimum atomic E-state index is -1.87. The lowest BCUT2D eigenvalue weighted by molar-refractivity contribution is -0.142. The number of aromatic hydroxyl groups is 1. The summed E-state index contributed by atoms with van der Waals surface area (Å²) < 4.78 is 0. The minimum absolute atomic E-state index is 0.0517. The minimum Gasteiger partial charge on any atom is -0.508 e. The number of carboxylic acids is 1. The number of rotatable bonds is 25. The first-order valence-corrected chi connectivity index (χ1v) is 30.4. The van der Waals surface area contributed by atoms with Crippen LogP contribution in [0.15, 0.2) is 54.6 Å². The van der Waals surface area contributed by atoms with Crippen LogP contribution in [0, 0.1) is 0 Å². The third kappa shape index (κ3) is 28.1. The number of amides is 14. The third-order valence-corrected chi connectivity index (χ3v) is 15.4. The summed E-state index contributed by atoms with van der Waals surface area (Å²) in [7, 11) is 1.73. The highest BCUT2D eigenvalue weighted by molar-refractivity contribution is 8.76. The van der Waals surface area contributed by atoms with Crippen molar-refractivity contribution in [1.82, 2.24) is 58.1 Å². The Morgan fingerprint density at radius 1 is 0.640 bits per heavy atom. The lowest BCUT2D eigenvalue weighted by Gasteiger charge is -2.31. The van der Waals surface area contributed by atoms with Crippen LogP contribution in [0.3, 0.4) is 0 Å². The molecule has 35 heteroatoms. The van der Waals surface area contributed by atoms with E-state index >= 15 is 0 Å². The van der Waals surface area contributed by atoms with Crippen LogP contribution in [0.4, 0.5) is 0 Å². The number of likely N-dealkylation sites (tertiary alicyclic amines) is 1. The van der Waals surface area contributed by atoms with Crippen LogP contribution in [0.1, 0.15) is 69.4 Å². The molecule has 0 bridgehead atoms. The number of phenols is 1. The molecule has 2 aromatic carbocycles. The Bertz CT molecular complexity index is 2840. The van der Waals surface area contributed by atoms with E-state index in [4.69, 9.17) is 38.6 Å². The van der Waals surface area contributed by atoms with E-state index in [1.54, 1.807) is 30.3 Å². The summed E-state index contributed by atoms with van der Waals surface area (Å²) in [6.45, 7) is -0.927. The molecular formula is C54H78N16O17S2. The van der Waals surface area contributed by atoms with Crippen molar-refractivity contribution in [3.63, 3.8) is 0 Å². The van der Waals surface area contributed by atoms with Crippen LogP contribution >= 0.6 is 21.6 Å². The van der Waals surface area contributed by atoms with E-state index < -0.39 is 188 Å². The van der Waals surface area contributed by atoms with Gasteiger partial charge in [0.25, 0.3) is 5.97 Å². The van der Waals surface area contributed by atoms with E-state index in [0.29, 0.717) is 24.0 Å². The summed E-state index contributed by atoms with van der Waals surface area (Å²) in [5, 5.41) is 42.2. The van der Waals surface area contributed by atoms with Crippen molar-refractivity contribution >= 4 is 110 Å². The van der Waals surface area contributed by atoms with Gasteiger partial charge in [-0.1, -0.05) is 64.1 Å². The molecule has 33 nitrogen and oxygen atoms in total. The number of hydrogen-bond acceptors (Lipinski definition) is 20. The quantitative estimate of drug-likeness (QED) is 0.0324. The molecule has 0 spiro atoms. The Labute approximate surface area is 518 Å². The Hall–Kier alpha value is -9.09. The van der Waals surface area contributed by atoms with Gasteiger partial charge in [0.05, 0.1) is 32.6 Å². The zero-order chi connectivity index (χ0) is 66.2. The number of nitrogens with zero attached hydrogens (tertiary/aromatic N) is 1. The number of phenolic OH excluding ortho intramolecular Hbond substituents is 1. The van der Waals surface area contributed by atoms with Crippen molar-refractivity contribution in [3.8, 4) is 5.75 Å². The van der Waals surface area contributed by atoms with Crippen molar-refractivity contribution < 1.29 is 82.1 Å². The lowest BCUT2D eigenvalue weighted by atomic mass is 10.0. The summed E-state index contributed by atoms with van der Waals surface area (Å²) in [5.41, 5.74) is 28.1. The van der Waals surface area contributed by atoms with Crippen LogP contribution in [-0.4, -0.2) is 203 Å². The summed E-state index contributed by atoms with van der Waals surface area (Å²) >= 11 is 0. The van der Waals surface area contributed by atoms with E-state index in [2.05, 4.69) is 53.2 Å². The number of carboxylic acid groups (broad SMARTS) is 1. The van der Waals surface area contributed by atoms with Crippen molar-refractivity contribution in [2.75, 3.05) is 50.8 Å². The van der Waals surface area contributed by atoms with Crippen molar-refractivity contribution in [1.29, 1.82) is 0 Å². The van der Waals surface area contributed by atoms with Gasteiger partial charge < -0.3 is 96.9 Å². The first-order chi connectivity index (χ1) is 42.2. The molecule has 2 saturated heterocycles. The molecular weight excluding hydrogens is 1210 g/mol. The summed E-state index contributed by atoms with van der Waals surface area (Å²) in [4.78, 5) is 199. The average Bonchev–Trinajstić information content (AvgIpc) is 4.20. The van der Waals surface area contributed by atoms with Gasteiger partial charge in [0.15, 0.2) is 0 Å². The fourth-order valence-electron chi connectivity index (χ4n) is 8.62. The first kappa shape index (κ1) is 74.2. The van der Waals surface area contributed by atoms with Gasteiger partial charge in [-0.15, -0.1) is 0 Å². The molecule has 14 amide bonds. The monoisotopic (exact) mass is 1290 g/mol. The molecule has 0 saturated carbocycles. The molecule has 2 aromatic rings. The standard InChI is InChI=1S/C52H74N16O15S2.C2H4O2/c53-17-5-4-9-31(45(76)60-23-41(57)72)63-51(82)38-10-6-18-68(38)52(83)37-27-85-84-26-36(61-44(75)25-59-43(74)24-58-42(73)22-54)50(81)65-34(20-29-11-13-30(69)14-12-29)48(79)64-33(19-28-7-2-1-3-8-28)47(78)62-32(15-16-39(55)70)46(77)66-35(21-40(56)71)49(80)67-37;1-2(3)4/h1-3,7-8,11-14,31-38,69H,4-6,9-10,15-27,53-54H2,(H2,55,70)(H2,56,71)(H2,57,72)(H,58,73)(H,59,74)(H,60,76)(H,61,75)(H,62,78)(H,63,82)(H,64,79)(H,65,81)(H,66,77)(H,67,80);1H3,(H,3,4)/t31-,32-,33+,34-,35-,36-,37-,38-;/m0./s1. The smallest absolute Gasteiger partial charge is 0.300 e. The Morgan fingerprint density at radius 2 is 1.19 bits per heavy atom. The van der Waals surface area contributed by atoms with Gasteiger partial charge in [0.1, 0.15) is 54.1 Å². The van der Waals surface area contributed by atoms with E-state index in [0.717, 1.165) is 33.4 Å². The fourth-order valence-corrected chi connectivity index (χ4v) is 10.9. The maximum absolute atomic E-state index is 14.8. The van der Waals surface area contributed by atoms with Gasteiger partial charge >= 0.3 is 0 Å². The SMILES string of the molecule is CC(=O)O.NCCCC[C@H](NC(=O)[C@@H]1CCCN1C(=O)[C@@H]1CSSC[C@H](NC(=O)CNC(=O)CNC(=O)CN)C(=O)N[C@@H](Cc2ccc(O)cc2)C(=O)N[C@H](Cc2ccccc2)C(=O)N[C@@H](CCC(N)=O)C(=O)N[C@@H](CC(N)=O)C(=O)N1)C(=O)NCC(N)=O. The van der Waals surface area contributed by atoms with Gasteiger partial charge in [-0.05, 0) is 68.3 Å². The van der Waals surface area contributed by atoms with Crippen LogP contribution < -0.4 is 81.8 Å². The molecule has 2 aliphatic heterocycles. The second kappa shape index (κ2) is 38.9. The maximum Gasteiger partial charge on any atom is 0.300 e. The molecule has 4 rings (SSSR count). The molecule has 8 atom stereocenters. The predicted octanol–water partition coefficient (Wildman–Crippen LogP) is -6.89. The van der Waals surface area contributed by atoms with Gasteiger partial charge in [0, 0.05) is 44.2 Å². The molecule has 0 radical (unpaired) electrons. The van der Waals surface area contributed by atoms with E-state index in [-0.39, 0.29) is 56.7 Å². The van der Waals surface area contributed by atoms with Crippen LogP contribution in [0.5, 0.6) is 5.75 Å².